The van der Waals surface area contributed by atoms with Crippen LogP contribution >= 0.6 is 0 Å². The molecule has 0 aromatic rings. The molecule has 0 radical (unpaired) electrons. The Labute approximate surface area is 157 Å². The van der Waals surface area contributed by atoms with Crippen LogP contribution in [0, 0.1) is 51.8 Å². The Kier molecular flexibility index (Phi) is 4.35. The molecule has 4 aliphatic rings. The Hall–Kier alpha value is -1.14. The minimum absolute atomic E-state index is 0.0634. The molecule has 3 heteroatoms. The third kappa shape index (κ3) is 2.44. The molecule has 0 spiro atoms. The molecule has 0 heterocycles. The Morgan fingerprint density at radius 1 is 1.15 bits per heavy atom. The van der Waals surface area contributed by atoms with E-state index in [1.165, 1.54) is 31.3 Å². The molecule has 1 unspecified atom stereocenters. The van der Waals surface area contributed by atoms with E-state index in [0.717, 1.165) is 37.5 Å². The molecule has 3 fully saturated rings. The molecule has 3 saturated carbocycles. The van der Waals surface area contributed by atoms with E-state index in [1.807, 2.05) is 6.08 Å². The lowest BCUT2D eigenvalue weighted by atomic mass is 9.46. The van der Waals surface area contributed by atoms with Crippen LogP contribution in [0.1, 0.15) is 72.1 Å². The van der Waals surface area contributed by atoms with E-state index in [1.54, 1.807) is 0 Å². The van der Waals surface area contributed by atoms with Crippen molar-refractivity contribution >= 4 is 5.78 Å². The van der Waals surface area contributed by atoms with Crippen molar-refractivity contribution in [3.63, 3.8) is 0 Å². The van der Waals surface area contributed by atoms with Crippen LogP contribution in [0.2, 0.25) is 0 Å². The van der Waals surface area contributed by atoms with Gasteiger partial charge in [-0.05, 0) is 91.4 Å². The SMILES string of the molecule is C[C@H](C(O)C#N)[C@H]1CC[C@H]2[C@@H]3CCC4=CC(=O)CC[C@]4(C)[C@H]3CC[C@]12C. The number of aliphatic hydroxyl groups is 1. The molecule has 3 nitrogen and oxygen atoms in total. The normalized spacial score (nSPS) is 47.0. The maximum absolute atomic E-state index is 11.9. The van der Waals surface area contributed by atoms with Crippen molar-refractivity contribution in [1.82, 2.24) is 0 Å². The van der Waals surface area contributed by atoms with Gasteiger partial charge in [0.2, 0.25) is 0 Å². The summed E-state index contributed by atoms with van der Waals surface area (Å²) in [5.41, 5.74) is 1.93. The average molecular weight is 356 g/mol. The minimum Gasteiger partial charge on any atom is -0.378 e. The fourth-order valence-electron chi connectivity index (χ4n) is 7.80. The molecule has 4 aliphatic carbocycles. The summed E-state index contributed by atoms with van der Waals surface area (Å²) < 4.78 is 0. The molecule has 142 valence electrons. The second-order valence-corrected chi connectivity index (χ2v) is 10.1. The van der Waals surface area contributed by atoms with Gasteiger partial charge in [-0.3, -0.25) is 4.79 Å². The van der Waals surface area contributed by atoms with Crippen LogP contribution in [0.15, 0.2) is 11.6 Å². The summed E-state index contributed by atoms with van der Waals surface area (Å²) >= 11 is 0. The molecular formula is C23H33NO2. The Bertz CT molecular complexity index is 676. The largest absolute Gasteiger partial charge is 0.378 e. The second kappa shape index (κ2) is 6.20. The second-order valence-electron chi connectivity index (χ2n) is 10.1. The van der Waals surface area contributed by atoms with Crippen molar-refractivity contribution in [2.24, 2.45) is 40.4 Å². The Balaban J connectivity index is 1.61. The summed E-state index contributed by atoms with van der Waals surface area (Å²) in [6.07, 6.45) is 10.1. The van der Waals surface area contributed by atoms with E-state index in [2.05, 4.69) is 26.8 Å². The third-order valence-electron chi connectivity index (χ3n) is 9.30. The van der Waals surface area contributed by atoms with Crippen LogP contribution in [0.3, 0.4) is 0 Å². The number of ketones is 1. The van der Waals surface area contributed by atoms with Crippen molar-refractivity contribution < 1.29 is 9.90 Å². The number of rotatable bonds is 2. The quantitative estimate of drug-likeness (QED) is 0.733. The number of nitrogens with zero attached hydrogens (tertiary/aromatic N) is 1. The fraction of sp³-hybridized carbons (Fsp3) is 0.826. The van der Waals surface area contributed by atoms with Crippen LogP contribution in [-0.2, 0) is 4.79 Å². The summed E-state index contributed by atoms with van der Waals surface area (Å²) in [6, 6.07) is 2.07. The van der Waals surface area contributed by atoms with Crippen molar-refractivity contribution in [3.8, 4) is 6.07 Å². The zero-order chi connectivity index (χ0) is 18.7. The van der Waals surface area contributed by atoms with Crippen LogP contribution in [-0.4, -0.2) is 17.0 Å². The smallest absolute Gasteiger partial charge is 0.155 e. The predicted octanol–water partition coefficient (Wildman–Crippen LogP) is 4.66. The summed E-state index contributed by atoms with van der Waals surface area (Å²) in [6.45, 7) is 6.96. The van der Waals surface area contributed by atoms with Crippen molar-refractivity contribution in [1.29, 1.82) is 5.26 Å². The van der Waals surface area contributed by atoms with Crippen LogP contribution < -0.4 is 0 Å². The highest BCUT2D eigenvalue weighted by Crippen LogP contribution is 2.67. The van der Waals surface area contributed by atoms with Gasteiger partial charge in [0.05, 0.1) is 6.07 Å². The standard InChI is InChI=1S/C23H33NO2/c1-14(21(26)13-24)18-6-7-19-17-5-4-15-12-16(25)8-10-22(15,2)20(17)9-11-23(18,19)3/h12,14,17-21,26H,4-11H2,1-3H3/t14-,17-,18+,19-,20-,21?,22-,23+/m0/s1. The number of carbonyl (C=O) groups excluding carboxylic acids is 1. The third-order valence-corrected chi connectivity index (χ3v) is 9.30. The van der Waals surface area contributed by atoms with E-state index < -0.39 is 6.10 Å². The Morgan fingerprint density at radius 3 is 2.65 bits per heavy atom. The number of carbonyl (C=O) groups is 1. The van der Waals surface area contributed by atoms with Gasteiger partial charge in [0.25, 0.3) is 0 Å². The van der Waals surface area contributed by atoms with Gasteiger partial charge in [-0.25, -0.2) is 0 Å². The number of hydrogen-bond donors (Lipinski definition) is 1. The van der Waals surface area contributed by atoms with Gasteiger partial charge in [-0.1, -0.05) is 26.3 Å². The van der Waals surface area contributed by atoms with Crippen LogP contribution in [0.4, 0.5) is 0 Å². The Morgan fingerprint density at radius 2 is 1.92 bits per heavy atom. The molecule has 0 amide bonds. The summed E-state index contributed by atoms with van der Waals surface area (Å²) in [4.78, 5) is 11.9. The zero-order valence-electron chi connectivity index (χ0n) is 16.5. The van der Waals surface area contributed by atoms with Gasteiger partial charge in [-0.2, -0.15) is 5.26 Å². The number of allylic oxidation sites excluding steroid dienone is 1. The summed E-state index contributed by atoms with van der Waals surface area (Å²) in [5, 5.41) is 19.3. The monoisotopic (exact) mass is 355 g/mol. The molecule has 0 bridgehead atoms. The predicted molar refractivity (Wildman–Crippen MR) is 101 cm³/mol. The molecule has 4 rings (SSSR count). The first-order valence-corrected chi connectivity index (χ1v) is 10.6. The number of aliphatic hydroxyl groups excluding tert-OH is 1. The number of fused-ring (bicyclic) bond motifs is 5. The first kappa shape index (κ1) is 18.2. The van der Waals surface area contributed by atoms with Crippen molar-refractivity contribution in [3.05, 3.63) is 11.6 Å². The lowest BCUT2D eigenvalue weighted by Gasteiger charge is -2.58. The number of hydrogen-bond acceptors (Lipinski definition) is 3. The van der Waals surface area contributed by atoms with Gasteiger partial charge in [0.15, 0.2) is 5.78 Å². The first-order chi connectivity index (χ1) is 12.3. The average Bonchev–Trinajstić information content (AvgIpc) is 2.98. The summed E-state index contributed by atoms with van der Waals surface area (Å²) in [7, 11) is 0. The molecule has 0 aromatic heterocycles. The lowest BCUT2D eigenvalue weighted by molar-refractivity contribution is -0.117. The van der Waals surface area contributed by atoms with Crippen LogP contribution in [0.5, 0.6) is 0 Å². The van der Waals surface area contributed by atoms with Crippen LogP contribution in [0.25, 0.3) is 0 Å². The van der Waals surface area contributed by atoms with Gasteiger partial charge in [-0.15, -0.1) is 0 Å². The van der Waals surface area contributed by atoms with Gasteiger partial charge in [0, 0.05) is 6.42 Å². The minimum atomic E-state index is -0.837. The van der Waals surface area contributed by atoms with E-state index >= 15 is 0 Å². The van der Waals surface area contributed by atoms with E-state index in [4.69, 9.17) is 0 Å². The molecule has 0 aromatic carbocycles. The fourth-order valence-corrected chi connectivity index (χ4v) is 7.80. The molecule has 8 atom stereocenters. The topological polar surface area (TPSA) is 61.1 Å². The van der Waals surface area contributed by atoms with Gasteiger partial charge >= 0.3 is 0 Å². The highest BCUT2D eigenvalue weighted by Gasteiger charge is 2.59. The number of nitriles is 1. The first-order valence-electron chi connectivity index (χ1n) is 10.6. The van der Waals surface area contributed by atoms with E-state index in [-0.39, 0.29) is 16.7 Å². The van der Waals surface area contributed by atoms with E-state index in [0.29, 0.717) is 17.6 Å². The van der Waals surface area contributed by atoms with Crippen molar-refractivity contribution in [2.75, 3.05) is 0 Å². The van der Waals surface area contributed by atoms with E-state index in [9.17, 15) is 15.2 Å². The molecule has 0 aliphatic heterocycles. The highest BCUT2D eigenvalue weighted by molar-refractivity contribution is 5.91. The van der Waals surface area contributed by atoms with Gasteiger partial charge in [0.1, 0.15) is 6.10 Å². The molecular weight excluding hydrogens is 322 g/mol. The maximum Gasteiger partial charge on any atom is 0.155 e. The molecule has 0 saturated heterocycles. The molecule has 1 N–H and O–H groups in total. The zero-order valence-corrected chi connectivity index (χ0v) is 16.5. The molecule has 26 heavy (non-hydrogen) atoms. The highest BCUT2D eigenvalue weighted by atomic mass is 16.3. The van der Waals surface area contributed by atoms with Gasteiger partial charge < -0.3 is 5.11 Å². The lowest BCUT2D eigenvalue weighted by Crippen LogP contribution is -2.51. The maximum atomic E-state index is 11.9. The van der Waals surface area contributed by atoms with Crippen molar-refractivity contribution in [2.45, 2.75) is 78.2 Å². The summed E-state index contributed by atoms with van der Waals surface area (Å²) in [5.74, 6) is 3.03.